The number of nitrogens with one attached hydrogen (secondary N) is 1. The molecule has 1 aromatic carbocycles. The summed E-state index contributed by atoms with van der Waals surface area (Å²) in [5.41, 5.74) is 2.05. The highest BCUT2D eigenvalue weighted by molar-refractivity contribution is 5.30. The third kappa shape index (κ3) is 2.92. The topological polar surface area (TPSA) is 60.6 Å². The van der Waals surface area contributed by atoms with Crippen LogP contribution in [0.15, 0.2) is 48.9 Å². The fraction of sp³-hybridized carbons (Fsp3) is 0.214. The minimum atomic E-state index is 0.638. The molecule has 6 nitrogen and oxygen atoms in total. The SMILES string of the molecule is Cn1cnc(CNCc2ccn(-c3ccccc3)n2)n1. The lowest BCUT2D eigenvalue weighted by atomic mass is 10.3. The number of nitrogens with zero attached hydrogens (tertiary/aromatic N) is 5. The van der Waals surface area contributed by atoms with Gasteiger partial charge in [0.15, 0.2) is 5.82 Å². The van der Waals surface area contributed by atoms with Gasteiger partial charge in [-0.05, 0) is 18.2 Å². The average molecular weight is 268 g/mol. The number of aryl methyl sites for hydroxylation is 1. The third-order valence-corrected chi connectivity index (χ3v) is 2.90. The van der Waals surface area contributed by atoms with Crippen LogP contribution in [0.4, 0.5) is 0 Å². The first-order valence-corrected chi connectivity index (χ1v) is 6.46. The number of aromatic nitrogens is 5. The van der Waals surface area contributed by atoms with Crippen molar-refractivity contribution in [2.24, 2.45) is 7.05 Å². The quantitative estimate of drug-likeness (QED) is 0.757. The third-order valence-electron chi connectivity index (χ3n) is 2.90. The van der Waals surface area contributed by atoms with Crippen LogP contribution in [-0.2, 0) is 20.1 Å². The van der Waals surface area contributed by atoms with Gasteiger partial charge in [-0.3, -0.25) is 4.68 Å². The number of para-hydroxylation sites is 1. The highest BCUT2D eigenvalue weighted by atomic mass is 15.3. The Morgan fingerprint density at radius 3 is 2.65 bits per heavy atom. The van der Waals surface area contributed by atoms with Gasteiger partial charge in [0.25, 0.3) is 0 Å². The molecule has 0 aliphatic rings. The highest BCUT2D eigenvalue weighted by Gasteiger charge is 2.02. The van der Waals surface area contributed by atoms with Gasteiger partial charge in [-0.2, -0.15) is 10.2 Å². The van der Waals surface area contributed by atoms with Gasteiger partial charge >= 0.3 is 0 Å². The van der Waals surface area contributed by atoms with Crippen molar-refractivity contribution in [2.75, 3.05) is 0 Å². The van der Waals surface area contributed by atoms with E-state index in [1.54, 1.807) is 11.0 Å². The summed E-state index contributed by atoms with van der Waals surface area (Å²) in [6, 6.07) is 12.1. The first kappa shape index (κ1) is 12.6. The molecule has 0 aliphatic carbocycles. The molecule has 20 heavy (non-hydrogen) atoms. The van der Waals surface area contributed by atoms with E-state index < -0.39 is 0 Å². The standard InChI is InChI=1S/C14H16N6/c1-19-11-16-14(18-19)10-15-9-12-7-8-20(17-12)13-5-3-2-4-6-13/h2-8,11,15H,9-10H2,1H3. The van der Waals surface area contributed by atoms with Gasteiger partial charge in [0, 0.05) is 19.8 Å². The monoisotopic (exact) mass is 268 g/mol. The molecule has 6 heteroatoms. The molecule has 0 bridgehead atoms. The molecule has 2 heterocycles. The molecule has 0 saturated carbocycles. The Morgan fingerprint density at radius 2 is 1.90 bits per heavy atom. The fourth-order valence-corrected chi connectivity index (χ4v) is 1.95. The van der Waals surface area contributed by atoms with Crippen LogP contribution in [0, 0.1) is 0 Å². The van der Waals surface area contributed by atoms with Gasteiger partial charge in [-0.15, -0.1) is 0 Å². The first-order valence-electron chi connectivity index (χ1n) is 6.46. The molecule has 3 aromatic rings. The zero-order valence-electron chi connectivity index (χ0n) is 11.3. The van der Waals surface area contributed by atoms with Gasteiger partial charge in [-0.25, -0.2) is 9.67 Å². The summed E-state index contributed by atoms with van der Waals surface area (Å²) < 4.78 is 3.57. The molecule has 1 N–H and O–H groups in total. The second-order valence-electron chi connectivity index (χ2n) is 4.53. The highest BCUT2D eigenvalue weighted by Crippen LogP contribution is 2.06. The van der Waals surface area contributed by atoms with Crippen LogP contribution in [0.5, 0.6) is 0 Å². The van der Waals surface area contributed by atoms with E-state index in [4.69, 9.17) is 0 Å². The maximum absolute atomic E-state index is 4.53. The summed E-state index contributed by atoms with van der Waals surface area (Å²) in [7, 11) is 1.86. The zero-order chi connectivity index (χ0) is 13.8. The van der Waals surface area contributed by atoms with Gasteiger partial charge < -0.3 is 5.32 Å². The van der Waals surface area contributed by atoms with Crippen molar-refractivity contribution in [3.63, 3.8) is 0 Å². The van der Waals surface area contributed by atoms with Crippen molar-refractivity contribution in [1.82, 2.24) is 29.9 Å². The summed E-state index contributed by atoms with van der Waals surface area (Å²) >= 11 is 0. The zero-order valence-corrected chi connectivity index (χ0v) is 11.3. The predicted octanol–water partition coefficient (Wildman–Crippen LogP) is 1.29. The minimum Gasteiger partial charge on any atom is -0.304 e. The van der Waals surface area contributed by atoms with E-state index in [-0.39, 0.29) is 0 Å². The Bertz CT molecular complexity index is 670. The van der Waals surface area contributed by atoms with Crippen LogP contribution in [0.3, 0.4) is 0 Å². The van der Waals surface area contributed by atoms with Crippen molar-refractivity contribution >= 4 is 0 Å². The Labute approximate surface area is 117 Å². The molecule has 0 unspecified atom stereocenters. The molecule has 0 spiro atoms. The van der Waals surface area contributed by atoms with E-state index in [1.165, 1.54) is 0 Å². The summed E-state index contributed by atoms with van der Waals surface area (Å²) in [4.78, 5) is 4.16. The number of hydrogen-bond donors (Lipinski definition) is 1. The number of rotatable bonds is 5. The molecular weight excluding hydrogens is 252 g/mol. The maximum Gasteiger partial charge on any atom is 0.164 e. The first-order chi connectivity index (χ1) is 9.81. The average Bonchev–Trinajstić information content (AvgIpc) is 3.09. The fourth-order valence-electron chi connectivity index (χ4n) is 1.95. The lowest BCUT2D eigenvalue weighted by Gasteiger charge is -2.01. The summed E-state index contributed by atoms with van der Waals surface area (Å²) in [6.45, 7) is 1.33. The molecule has 0 fully saturated rings. The van der Waals surface area contributed by atoms with Crippen molar-refractivity contribution in [2.45, 2.75) is 13.1 Å². The maximum atomic E-state index is 4.53. The van der Waals surface area contributed by atoms with Crippen LogP contribution in [0.2, 0.25) is 0 Å². The number of benzene rings is 1. The molecule has 0 saturated heterocycles. The smallest absolute Gasteiger partial charge is 0.164 e. The molecule has 102 valence electrons. The lowest BCUT2D eigenvalue weighted by molar-refractivity contribution is 0.635. The van der Waals surface area contributed by atoms with E-state index >= 15 is 0 Å². The van der Waals surface area contributed by atoms with Crippen molar-refractivity contribution in [3.8, 4) is 5.69 Å². The normalized spacial score (nSPS) is 10.8. The molecule has 0 amide bonds. The van der Waals surface area contributed by atoms with Crippen LogP contribution < -0.4 is 5.32 Å². The van der Waals surface area contributed by atoms with Gasteiger partial charge in [0.1, 0.15) is 6.33 Å². The molecule has 0 aliphatic heterocycles. The van der Waals surface area contributed by atoms with E-state index in [9.17, 15) is 0 Å². The lowest BCUT2D eigenvalue weighted by Crippen LogP contribution is -2.14. The van der Waals surface area contributed by atoms with Crippen molar-refractivity contribution in [3.05, 3.63) is 60.4 Å². The number of hydrogen-bond acceptors (Lipinski definition) is 4. The van der Waals surface area contributed by atoms with Gasteiger partial charge in [0.05, 0.1) is 17.9 Å². The molecule has 0 radical (unpaired) electrons. The Morgan fingerprint density at radius 1 is 1.05 bits per heavy atom. The minimum absolute atomic E-state index is 0.638. The Kier molecular flexibility index (Phi) is 3.56. The molecule has 3 rings (SSSR count). The van der Waals surface area contributed by atoms with Crippen molar-refractivity contribution < 1.29 is 0 Å². The van der Waals surface area contributed by atoms with Gasteiger partial charge in [0.2, 0.25) is 0 Å². The van der Waals surface area contributed by atoms with Crippen molar-refractivity contribution in [1.29, 1.82) is 0 Å². The Balaban J connectivity index is 1.58. The van der Waals surface area contributed by atoms with Crippen LogP contribution in [-0.4, -0.2) is 24.5 Å². The second-order valence-corrected chi connectivity index (χ2v) is 4.53. The van der Waals surface area contributed by atoms with E-state index in [0.717, 1.165) is 17.2 Å². The van der Waals surface area contributed by atoms with Crippen LogP contribution >= 0.6 is 0 Å². The molecule has 2 aromatic heterocycles. The summed E-state index contributed by atoms with van der Waals surface area (Å²) in [5.74, 6) is 0.787. The molecule has 0 atom stereocenters. The second kappa shape index (κ2) is 5.66. The summed E-state index contributed by atoms with van der Waals surface area (Å²) in [5, 5.41) is 12.0. The van der Waals surface area contributed by atoms with Gasteiger partial charge in [-0.1, -0.05) is 18.2 Å². The Hall–Kier alpha value is -2.47. The van der Waals surface area contributed by atoms with E-state index in [0.29, 0.717) is 13.1 Å². The van der Waals surface area contributed by atoms with E-state index in [1.807, 2.05) is 54.3 Å². The van der Waals surface area contributed by atoms with Crippen LogP contribution in [0.25, 0.3) is 5.69 Å². The summed E-state index contributed by atoms with van der Waals surface area (Å²) in [6.07, 6.45) is 3.66. The molecular formula is C14H16N6. The van der Waals surface area contributed by atoms with E-state index in [2.05, 4.69) is 20.5 Å². The predicted molar refractivity (Wildman–Crippen MR) is 75.1 cm³/mol. The van der Waals surface area contributed by atoms with Crippen LogP contribution in [0.1, 0.15) is 11.5 Å². The largest absolute Gasteiger partial charge is 0.304 e.